The molecule has 0 amide bonds. The number of fused-ring (bicyclic) bond motifs is 2. The van der Waals surface area contributed by atoms with E-state index in [9.17, 15) is 9.90 Å². The molecule has 3 heteroatoms. The van der Waals surface area contributed by atoms with Gasteiger partial charge in [0.2, 0.25) is 0 Å². The molecule has 0 heterocycles. The molecule has 3 unspecified atom stereocenters. The second-order valence-electron chi connectivity index (χ2n) is 5.95. The van der Waals surface area contributed by atoms with Gasteiger partial charge in [0.05, 0.1) is 19.6 Å². The molecule has 0 aliphatic heterocycles. The monoisotopic (exact) mass is 226 g/mol. The van der Waals surface area contributed by atoms with Crippen LogP contribution in [0.5, 0.6) is 0 Å². The molecular weight excluding hydrogens is 204 g/mol. The van der Waals surface area contributed by atoms with Crippen molar-refractivity contribution in [1.29, 1.82) is 0 Å². The number of carbonyl (C=O) groups is 1. The van der Waals surface area contributed by atoms with Crippen LogP contribution in [0.2, 0.25) is 0 Å². The van der Waals surface area contributed by atoms with Crippen molar-refractivity contribution in [3.05, 3.63) is 0 Å². The lowest BCUT2D eigenvalue weighted by atomic mass is 9.45. The Hall–Kier alpha value is -0.570. The Morgan fingerprint density at radius 1 is 1.50 bits per heavy atom. The lowest BCUT2D eigenvalue weighted by Crippen LogP contribution is -2.55. The molecular formula is C13H22O3. The van der Waals surface area contributed by atoms with Crippen LogP contribution in [-0.4, -0.2) is 24.3 Å². The van der Waals surface area contributed by atoms with Gasteiger partial charge in [0.25, 0.3) is 0 Å². The van der Waals surface area contributed by atoms with Crippen molar-refractivity contribution in [2.24, 2.45) is 23.2 Å². The maximum Gasteiger partial charge on any atom is 0.308 e. The molecule has 3 saturated carbocycles. The van der Waals surface area contributed by atoms with Gasteiger partial charge in [-0.3, -0.25) is 4.79 Å². The number of aliphatic hydroxyl groups is 1. The summed E-state index contributed by atoms with van der Waals surface area (Å²) < 4.78 is 4.61. The van der Waals surface area contributed by atoms with Gasteiger partial charge in [-0.25, -0.2) is 0 Å². The van der Waals surface area contributed by atoms with Crippen LogP contribution in [-0.2, 0) is 9.53 Å². The number of aliphatic hydroxyl groups excluding tert-OH is 1. The van der Waals surface area contributed by atoms with Gasteiger partial charge in [-0.1, -0.05) is 13.8 Å². The van der Waals surface area contributed by atoms with Gasteiger partial charge < -0.3 is 9.84 Å². The Kier molecular flexibility index (Phi) is 2.99. The largest absolute Gasteiger partial charge is 0.469 e. The maximum absolute atomic E-state index is 11.2. The van der Waals surface area contributed by atoms with Crippen molar-refractivity contribution in [3.63, 3.8) is 0 Å². The van der Waals surface area contributed by atoms with E-state index in [0.717, 1.165) is 12.3 Å². The minimum Gasteiger partial charge on any atom is -0.469 e. The average molecular weight is 226 g/mol. The lowest BCUT2D eigenvalue weighted by molar-refractivity contribution is -0.155. The summed E-state index contributed by atoms with van der Waals surface area (Å²) in [6.45, 7) is 4.59. The van der Waals surface area contributed by atoms with Crippen LogP contribution in [0.15, 0.2) is 0 Å². The number of hydrogen-bond acceptors (Lipinski definition) is 3. The third kappa shape index (κ3) is 1.75. The van der Waals surface area contributed by atoms with Crippen molar-refractivity contribution in [2.75, 3.05) is 7.11 Å². The lowest BCUT2D eigenvalue weighted by Gasteiger charge is -2.61. The molecule has 0 saturated heterocycles. The van der Waals surface area contributed by atoms with Crippen molar-refractivity contribution < 1.29 is 14.6 Å². The van der Waals surface area contributed by atoms with Crippen LogP contribution in [0.25, 0.3) is 0 Å². The summed E-state index contributed by atoms with van der Waals surface area (Å²) in [5.74, 6) is 1.41. The van der Waals surface area contributed by atoms with Crippen molar-refractivity contribution in [2.45, 2.75) is 45.6 Å². The minimum absolute atomic E-state index is 0.151. The first-order chi connectivity index (χ1) is 7.46. The quantitative estimate of drug-likeness (QED) is 0.748. The number of rotatable bonds is 3. The highest BCUT2D eigenvalue weighted by molar-refractivity contribution is 5.69. The molecule has 16 heavy (non-hydrogen) atoms. The average Bonchev–Trinajstić information content (AvgIpc) is 2.28. The van der Waals surface area contributed by atoms with E-state index >= 15 is 0 Å². The Morgan fingerprint density at radius 3 is 2.69 bits per heavy atom. The van der Waals surface area contributed by atoms with E-state index in [2.05, 4.69) is 18.6 Å². The van der Waals surface area contributed by atoms with Gasteiger partial charge in [0.1, 0.15) is 0 Å². The molecule has 3 fully saturated rings. The summed E-state index contributed by atoms with van der Waals surface area (Å²) in [6, 6.07) is 0. The molecule has 0 aromatic carbocycles. The Bertz CT molecular complexity index is 283. The molecule has 4 atom stereocenters. The predicted octanol–water partition coefficient (Wildman–Crippen LogP) is 1.98. The highest BCUT2D eigenvalue weighted by Crippen LogP contribution is 2.62. The molecule has 3 rings (SSSR count). The van der Waals surface area contributed by atoms with Crippen LogP contribution in [0, 0.1) is 23.2 Å². The molecule has 2 bridgehead atoms. The van der Waals surface area contributed by atoms with Gasteiger partial charge in [-0.15, -0.1) is 0 Å². The number of carbonyl (C=O) groups excluding carboxylic acids is 1. The van der Waals surface area contributed by atoms with Crippen LogP contribution in [0.4, 0.5) is 0 Å². The smallest absolute Gasteiger partial charge is 0.308 e. The Labute approximate surface area is 97.2 Å². The third-order valence-corrected chi connectivity index (χ3v) is 5.01. The topological polar surface area (TPSA) is 46.5 Å². The van der Waals surface area contributed by atoms with Gasteiger partial charge in [0, 0.05) is 0 Å². The van der Waals surface area contributed by atoms with Gasteiger partial charge in [0.15, 0.2) is 0 Å². The first-order valence-corrected chi connectivity index (χ1v) is 6.21. The third-order valence-electron chi connectivity index (χ3n) is 5.01. The predicted molar refractivity (Wildman–Crippen MR) is 60.7 cm³/mol. The molecule has 3 aliphatic carbocycles. The molecule has 3 aliphatic rings. The summed E-state index contributed by atoms with van der Waals surface area (Å²) in [4.78, 5) is 11.2. The zero-order chi connectivity index (χ0) is 11.9. The van der Waals surface area contributed by atoms with E-state index in [1.807, 2.05) is 0 Å². The van der Waals surface area contributed by atoms with Crippen LogP contribution in [0.1, 0.15) is 39.5 Å². The van der Waals surface area contributed by atoms with E-state index in [1.165, 1.54) is 20.0 Å². The summed E-state index contributed by atoms with van der Waals surface area (Å²) in [7, 11) is 1.37. The van der Waals surface area contributed by atoms with Crippen LogP contribution >= 0.6 is 0 Å². The normalized spacial score (nSPS) is 37.4. The van der Waals surface area contributed by atoms with E-state index in [1.54, 1.807) is 0 Å². The van der Waals surface area contributed by atoms with Gasteiger partial charge in [-0.2, -0.15) is 0 Å². The van der Waals surface area contributed by atoms with E-state index < -0.39 is 6.10 Å². The highest BCUT2D eigenvalue weighted by atomic mass is 16.5. The summed E-state index contributed by atoms with van der Waals surface area (Å²) >= 11 is 0. The molecule has 0 aromatic rings. The van der Waals surface area contributed by atoms with Crippen molar-refractivity contribution >= 4 is 5.97 Å². The second-order valence-corrected chi connectivity index (χ2v) is 5.95. The van der Waals surface area contributed by atoms with Gasteiger partial charge in [-0.05, 0) is 42.4 Å². The summed E-state index contributed by atoms with van der Waals surface area (Å²) in [5, 5.41) is 10.1. The van der Waals surface area contributed by atoms with E-state index in [4.69, 9.17) is 0 Å². The van der Waals surface area contributed by atoms with E-state index in [-0.39, 0.29) is 12.4 Å². The summed E-state index contributed by atoms with van der Waals surface area (Å²) in [6.07, 6.45) is 3.13. The molecule has 92 valence electrons. The van der Waals surface area contributed by atoms with Crippen LogP contribution in [0.3, 0.4) is 0 Å². The minimum atomic E-state index is -0.516. The zero-order valence-electron chi connectivity index (χ0n) is 10.4. The number of methoxy groups -OCH3 is 1. The molecule has 0 spiro atoms. The van der Waals surface area contributed by atoms with Crippen molar-refractivity contribution in [1.82, 2.24) is 0 Å². The Morgan fingerprint density at radius 2 is 2.19 bits per heavy atom. The highest BCUT2D eigenvalue weighted by Gasteiger charge is 2.55. The van der Waals surface area contributed by atoms with Crippen LogP contribution < -0.4 is 0 Å². The van der Waals surface area contributed by atoms with Gasteiger partial charge >= 0.3 is 5.97 Å². The first kappa shape index (κ1) is 11.9. The zero-order valence-corrected chi connectivity index (χ0v) is 10.4. The van der Waals surface area contributed by atoms with E-state index in [0.29, 0.717) is 17.3 Å². The molecule has 0 aromatic heterocycles. The molecule has 1 N–H and O–H groups in total. The number of hydrogen-bond donors (Lipinski definition) is 1. The van der Waals surface area contributed by atoms with Crippen molar-refractivity contribution in [3.8, 4) is 0 Å². The Balaban J connectivity index is 1.97. The fraction of sp³-hybridized carbons (Fsp3) is 0.923. The summed E-state index contributed by atoms with van der Waals surface area (Å²) in [5.41, 5.74) is 0.361. The SMILES string of the molecule is COC(=O)C[C@H](O)C1CCC2CC1C2(C)C. The number of esters is 1. The molecule has 3 nitrogen and oxygen atoms in total. The second kappa shape index (κ2) is 4.02. The first-order valence-electron chi connectivity index (χ1n) is 6.21. The molecule has 0 radical (unpaired) electrons. The fourth-order valence-corrected chi connectivity index (χ4v) is 3.73. The maximum atomic E-state index is 11.2. The standard InChI is InChI=1S/C13H22O3/c1-13(2)8-4-5-9(10(13)6-8)11(14)7-12(15)16-3/h8-11,14H,4-7H2,1-3H3/t8?,9?,10?,11-/m0/s1. The fourth-order valence-electron chi connectivity index (χ4n) is 3.73. The number of ether oxygens (including phenoxy) is 1.